The Kier molecular flexibility index (Phi) is 11.9. The highest BCUT2D eigenvalue weighted by atomic mass is 32.5. The maximum atomic E-state index is 11.0. The average molecular weight is 625 g/mol. The third-order valence-electron chi connectivity index (χ3n) is 7.33. The Morgan fingerprint density at radius 2 is 1.74 bits per heavy atom. The normalized spacial score (nSPS) is 25.4. The molecule has 12 nitrogen and oxygen atoms in total. The lowest BCUT2D eigenvalue weighted by atomic mass is 10.1. The Balaban J connectivity index is 0.000000266. The number of rotatable bonds is 12. The van der Waals surface area contributed by atoms with E-state index in [1.807, 2.05) is 19.0 Å². The van der Waals surface area contributed by atoms with E-state index in [4.69, 9.17) is 30.0 Å². The highest BCUT2D eigenvalue weighted by Gasteiger charge is 2.52. The van der Waals surface area contributed by atoms with Gasteiger partial charge in [-0.05, 0) is 62.8 Å². The van der Waals surface area contributed by atoms with Gasteiger partial charge in [0.15, 0.2) is 34.8 Å². The van der Waals surface area contributed by atoms with E-state index in [-0.39, 0.29) is 6.61 Å². The Morgan fingerprint density at radius 1 is 1.07 bits per heavy atom. The van der Waals surface area contributed by atoms with Crippen LogP contribution < -0.4 is 4.90 Å². The second kappa shape index (κ2) is 15.2. The zero-order valence-electron chi connectivity index (χ0n) is 25.3. The predicted molar refractivity (Wildman–Crippen MR) is 166 cm³/mol. The van der Waals surface area contributed by atoms with E-state index in [2.05, 4.69) is 40.6 Å². The van der Waals surface area contributed by atoms with Gasteiger partial charge >= 0.3 is 6.72 Å². The smallest absolute Gasteiger partial charge is 0.325 e. The number of hydrogen-bond donors (Lipinski definition) is 2. The van der Waals surface area contributed by atoms with Crippen LogP contribution >= 0.6 is 6.72 Å². The van der Waals surface area contributed by atoms with E-state index < -0.39 is 31.3 Å². The van der Waals surface area contributed by atoms with Gasteiger partial charge in [0.2, 0.25) is 0 Å². The summed E-state index contributed by atoms with van der Waals surface area (Å²) in [6.45, 7) is 7.39. The van der Waals surface area contributed by atoms with Gasteiger partial charge in [-0.2, -0.15) is 0 Å². The number of aromatic nitrogens is 4. The summed E-state index contributed by atoms with van der Waals surface area (Å²) in [5.74, 6) is 1.50. The minimum atomic E-state index is -3.41. The molecule has 2 N–H and O–H groups in total. The van der Waals surface area contributed by atoms with Crippen molar-refractivity contribution in [3.05, 3.63) is 24.7 Å². The SMILES string of the molecule is CCCCN(CCCC)CCCC.CN(C)c1ncnc2c1nc(-c1ccco1)n2[C@@H]1O[C@@H]2COP(O)(=S)O[C@H]2[C@H]1O. The molecule has 2 fully saturated rings. The van der Waals surface area contributed by atoms with Crippen LogP contribution in [0.25, 0.3) is 22.7 Å². The number of nitrogens with zero attached hydrogens (tertiary/aromatic N) is 6. The maximum Gasteiger partial charge on any atom is 0.325 e. The van der Waals surface area contributed by atoms with Gasteiger partial charge in [-0.25, -0.2) is 15.0 Å². The lowest BCUT2D eigenvalue weighted by Gasteiger charge is -2.30. The highest BCUT2D eigenvalue weighted by molar-refractivity contribution is 8.07. The molecule has 0 radical (unpaired) electrons. The molecule has 2 aliphatic heterocycles. The van der Waals surface area contributed by atoms with E-state index in [1.165, 1.54) is 70.7 Å². The molecule has 42 heavy (non-hydrogen) atoms. The van der Waals surface area contributed by atoms with Crippen molar-refractivity contribution in [1.29, 1.82) is 0 Å². The molecule has 0 saturated carbocycles. The van der Waals surface area contributed by atoms with Crippen molar-refractivity contribution < 1.29 is 28.2 Å². The molecule has 5 atom stereocenters. The standard InChI is InChI=1S/C16H18N5O6PS.C12H27N/c1-20(2)14-10-15(18-7-17-14)21(13(19-10)8-4-3-5-24-8)16-11(22)12-9(26-16)6-25-28(23,29)27-12;1-4-7-10-13(11-8-5-2)12-9-6-3/h3-5,7,9,11-12,16,22H,6H2,1-2H3,(H,23,29);4-12H2,1-3H3/t9-,11-,12-,16-,28?;/m1./s1. The van der Waals surface area contributed by atoms with Crippen LogP contribution in [-0.2, 0) is 25.6 Å². The largest absolute Gasteiger partial charge is 0.461 e. The van der Waals surface area contributed by atoms with Crippen LogP contribution in [0.5, 0.6) is 0 Å². The molecule has 0 spiro atoms. The number of aliphatic hydroxyl groups excluding tert-OH is 1. The van der Waals surface area contributed by atoms with E-state index in [1.54, 1.807) is 16.7 Å². The molecule has 0 bridgehead atoms. The van der Waals surface area contributed by atoms with Gasteiger partial charge in [0, 0.05) is 14.1 Å². The molecule has 1 unspecified atom stereocenters. The Labute approximate surface area is 253 Å². The molecule has 3 aromatic heterocycles. The van der Waals surface area contributed by atoms with E-state index >= 15 is 0 Å². The first kappa shape index (κ1) is 32.9. The molecule has 0 amide bonds. The lowest BCUT2D eigenvalue weighted by molar-refractivity contribution is -0.0588. The van der Waals surface area contributed by atoms with Gasteiger partial charge in [0.25, 0.3) is 0 Å². The summed E-state index contributed by atoms with van der Waals surface area (Å²) in [5.41, 5.74) is 0.987. The van der Waals surface area contributed by atoms with Crippen LogP contribution in [-0.4, -0.2) is 93.1 Å². The van der Waals surface area contributed by atoms with E-state index in [0.717, 1.165) is 0 Å². The predicted octanol–water partition coefficient (Wildman–Crippen LogP) is 4.73. The van der Waals surface area contributed by atoms with E-state index in [9.17, 15) is 10.00 Å². The van der Waals surface area contributed by atoms with Crippen LogP contribution in [0.4, 0.5) is 5.82 Å². The zero-order valence-corrected chi connectivity index (χ0v) is 27.0. The van der Waals surface area contributed by atoms with Crippen molar-refractivity contribution >= 4 is 35.5 Å². The lowest BCUT2D eigenvalue weighted by Crippen LogP contribution is -2.39. The number of unbranched alkanes of at least 4 members (excludes halogenated alkanes) is 3. The Morgan fingerprint density at radius 3 is 2.31 bits per heavy atom. The molecule has 5 heterocycles. The summed E-state index contributed by atoms with van der Waals surface area (Å²) in [4.78, 5) is 27.8. The number of aliphatic hydroxyl groups is 1. The summed E-state index contributed by atoms with van der Waals surface area (Å²) in [5, 5.41) is 11.0. The zero-order chi connectivity index (χ0) is 30.3. The first-order valence-corrected chi connectivity index (χ1v) is 17.5. The topological polar surface area (TPSA) is 131 Å². The number of furan rings is 1. The summed E-state index contributed by atoms with van der Waals surface area (Å²) >= 11 is 4.92. The number of ether oxygens (including phenoxy) is 1. The van der Waals surface area contributed by atoms with Crippen molar-refractivity contribution in [2.75, 3.05) is 45.2 Å². The van der Waals surface area contributed by atoms with Gasteiger partial charge in [0.05, 0.1) is 12.9 Å². The fourth-order valence-electron chi connectivity index (χ4n) is 5.07. The molecular weight excluding hydrogens is 579 g/mol. The maximum absolute atomic E-state index is 11.0. The number of imidazole rings is 1. The van der Waals surface area contributed by atoms with Crippen LogP contribution in [0.1, 0.15) is 65.5 Å². The molecule has 14 heteroatoms. The Hall–Kier alpha value is -1.96. The molecule has 234 valence electrons. The second-order valence-electron chi connectivity index (χ2n) is 10.8. The van der Waals surface area contributed by atoms with Gasteiger partial charge < -0.3 is 33.5 Å². The fraction of sp³-hybridized carbons (Fsp3) is 0.679. The second-order valence-corrected chi connectivity index (χ2v) is 13.6. The minimum absolute atomic E-state index is 0.0205. The molecule has 2 aliphatic rings. The summed E-state index contributed by atoms with van der Waals surface area (Å²) < 4.78 is 23.8. The molecule has 3 aromatic rings. The van der Waals surface area contributed by atoms with E-state index in [0.29, 0.717) is 28.6 Å². The van der Waals surface area contributed by atoms with Crippen molar-refractivity contribution in [1.82, 2.24) is 24.4 Å². The minimum Gasteiger partial charge on any atom is -0.461 e. The van der Waals surface area contributed by atoms with Crippen LogP contribution in [0.2, 0.25) is 0 Å². The van der Waals surface area contributed by atoms with Crippen LogP contribution in [0.15, 0.2) is 29.1 Å². The first-order chi connectivity index (χ1) is 20.2. The fourth-order valence-corrected chi connectivity index (χ4v) is 6.52. The molecule has 5 rings (SSSR count). The van der Waals surface area contributed by atoms with Crippen LogP contribution in [0, 0.1) is 0 Å². The molecule has 0 aromatic carbocycles. The Bertz CT molecular complexity index is 1290. The van der Waals surface area contributed by atoms with Gasteiger partial charge in [-0.1, -0.05) is 40.0 Å². The third kappa shape index (κ3) is 7.75. The summed E-state index contributed by atoms with van der Waals surface area (Å²) in [6, 6.07) is 3.49. The van der Waals surface area contributed by atoms with Gasteiger partial charge in [-0.3, -0.25) is 9.09 Å². The number of anilines is 1. The quantitative estimate of drug-likeness (QED) is 0.270. The van der Waals surface area contributed by atoms with Crippen molar-refractivity contribution in [3.63, 3.8) is 0 Å². The number of hydrogen-bond acceptors (Lipinski definition) is 11. The molecular formula is C28H45N6O6PS. The number of fused-ring (bicyclic) bond motifs is 2. The average Bonchev–Trinajstić information content (AvgIpc) is 3.70. The van der Waals surface area contributed by atoms with Crippen LogP contribution in [0.3, 0.4) is 0 Å². The molecule has 2 saturated heterocycles. The van der Waals surface area contributed by atoms with Gasteiger partial charge in [0.1, 0.15) is 24.6 Å². The van der Waals surface area contributed by atoms with Crippen molar-refractivity contribution in [2.45, 2.75) is 83.8 Å². The van der Waals surface area contributed by atoms with Crippen molar-refractivity contribution in [3.8, 4) is 11.6 Å². The van der Waals surface area contributed by atoms with Crippen molar-refractivity contribution in [2.24, 2.45) is 0 Å². The first-order valence-electron chi connectivity index (χ1n) is 14.9. The third-order valence-corrected chi connectivity index (χ3v) is 8.89. The van der Waals surface area contributed by atoms with Gasteiger partial charge in [-0.15, -0.1) is 0 Å². The summed E-state index contributed by atoms with van der Waals surface area (Å²) in [7, 11) is 3.70. The highest BCUT2D eigenvalue weighted by Crippen LogP contribution is 2.53. The molecule has 0 aliphatic carbocycles. The monoisotopic (exact) mass is 624 g/mol. The summed E-state index contributed by atoms with van der Waals surface area (Å²) in [6.07, 6.45) is 7.56.